The Morgan fingerprint density at radius 3 is 2.64 bits per heavy atom. The van der Waals surface area contributed by atoms with Crippen LogP contribution in [0.25, 0.3) is 0 Å². The van der Waals surface area contributed by atoms with Crippen molar-refractivity contribution >= 4 is 0 Å². The van der Waals surface area contributed by atoms with Crippen LogP contribution in [0.15, 0.2) is 0 Å². The number of nitrogens with one attached hydrogen (secondary N) is 1. The fourth-order valence-electron chi connectivity index (χ4n) is 1.89. The maximum Gasteiger partial charge on any atom is 0.0630 e. The van der Waals surface area contributed by atoms with Gasteiger partial charge >= 0.3 is 0 Å². The molecule has 0 heterocycles. The fraction of sp³-hybridized carbons (Fsp3) is 1.00. The third kappa shape index (κ3) is 3.95. The molecule has 1 atom stereocenters. The van der Waals surface area contributed by atoms with E-state index >= 15 is 0 Å². The summed E-state index contributed by atoms with van der Waals surface area (Å²) in [7, 11) is 3.79. The van der Waals surface area contributed by atoms with Crippen LogP contribution in [0.1, 0.15) is 19.8 Å². The van der Waals surface area contributed by atoms with E-state index in [2.05, 4.69) is 17.1 Å². The number of ether oxygens (including phenoxy) is 1. The lowest BCUT2D eigenvalue weighted by Gasteiger charge is -2.30. The summed E-state index contributed by atoms with van der Waals surface area (Å²) in [5, 5.41) is 3.24. The summed E-state index contributed by atoms with van der Waals surface area (Å²) in [5.41, 5.74) is 0. The molecule has 0 aromatic heterocycles. The summed E-state index contributed by atoms with van der Waals surface area (Å²) in [6.45, 7) is 6.48. The van der Waals surface area contributed by atoms with Gasteiger partial charge in [0.25, 0.3) is 0 Å². The summed E-state index contributed by atoms with van der Waals surface area (Å²) in [4.78, 5) is 2.54. The van der Waals surface area contributed by atoms with Crippen molar-refractivity contribution in [2.45, 2.75) is 25.8 Å². The Bertz CT molecular complexity index is 142. The van der Waals surface area contributed by atoms with E-state index in [1.54, 1.807) is 7.11 Å². The monoisotopic (exact) mass is 200 g/mol. The molecule has 14 heavy (non-hydrogen) atoms. The van der Waals surface area contributed by atoms with Crippen LogP contribution in [0, 0.1) is 5.92 Å². The highest BCUT2D eigenvalue weighted by Crippen LogP contribution is 2.30. The minimum atomic E-state index is 0.538. The molecule has 1 saturated carbocycles. The molecule has 1 aliphatic rings. The highest BCUT2D eigenvalue weighted by molar-refractivity contribution is 4.81. The minimum Gasteiger partial charge on any atom is -0.383 e. The Morgan fingerprint density at radius 2 is 2.21 bits per heavy atom. The van der Waals surface area contributed by atoms with Gasteiger partial charge in [-0.25, -0.2) is 0 Å². The molecule has 3 heteroatoms. The van der Waals surface area contributed by atoms with E-state index in [1.165, 1.54) is 19.4 Å². The van der Waals surface area contributed by atoms with Crippen LogP contribution in [-0.2, 0) is 4.74 Å². The predicted octanol–water partition coefficient (Wildman–Crippen LogP) is 0.953. The molecule has 0 spiro atoms. The lowest BCUT2D eigenvalue weighted by molar-refractivity contribution is 0.0904. The molecule has 0 radical (unpaired) electrons. The van der Waals surface area contributed by atoms with Gasteiger partial charge in [-0.15, -0.1) is 0 Å². The highest BCUT2D eigenvalue weighted by atomic mass is 16.5. The average molecular weight is 200 g/mol. The van der Waals surface area contributed by atoms with Crippen molar-refractivity contribution in [1.29, 1.82) is 0 Å². The number of methoxy groups -OCH3 is 1. The van der Waals surface area contributed by atoms with Gasteiger partial charge in [-0.05, 0) is 32.4 Å². The molecule has 1 unspecified atom stereocenters. The van der Waals surface area contributed by atoms with E-state index in [0.717, 1.165) is 25.6 Å². The summed E-state index contributed by atoms with van der Waals surface area (Å²) >= 11 is 0. The zero-order chi connectivity index (χ0) is 10.4. The molecular formula is C11H24N2O. The standard InChI is InChI=1S/C11H24N2O/c1-4-13(8-10-5-6-10)11(7-12-2)9-14-3/h10-12H,4-9H2,1-3H3. The Labute approximate surface area is 87.8 Å². The van der Waals surface area contributed by atoms with E-state index in [0.29, 0.717) is 6.04 Å². The topological polar surface area (TPSA) is 24.5 Å². The molecule has 0 aromatic carbocycles. The fourth-order valence-corrected chi connectivity index (χ4v) is 1.89. The minimum absolute atomic E-state index is 0.538. The molecule has 0 bridgehead atoms. The molecule has 1 rings (SSSR count). The largest absolute Gasteiger partial charge is 0.383 e. The van der Waals surface area contributed by atoms with Crippen LogP contribution in [-0.4, -0.2) is 51.3 Å². The molecule has 0 saturated heterocycles. The molecule has 1 fully saturated rings. The smallest absolute Gasteiger partial charge is 0.0630 e. The second-order valence-corrected chi connectivity index (χ2v) is 4.20. The van der Waals surface area contributed by atoms with Gasteiger partial charge in [0.15, 0.2) is 0 Å². The van der Waals surface area contributed by atoms with Crippen molar-refractivity contribution < 1.29 is 4.74 Å². The van der Waals surface area contributed by atoms with Crippen LogP contribution >= 0.6 is 0 Å². The van der Waals surface area contributed by atoms with E-state index in [-0.39, 0.29) is 0 Å². The first-order chi connectivity index (χ1) is 6.81. The van der Waals surface area contributed by atoms with Gasteiger partial charge in [-0.2, -0.15) is 0 Å². The molecule has 1 aliphatic carbocycles. The SMILES string of the molecule is CCN(CC1CC1)C(CNC)COC. The summed E-state index contributed by atoms with van der Waals surface area (Å²) < 4.78 is 5.26. The highest BCUT2D eigenvalue weighted by Gasteiger charge is 2.26. The summed E-state index contributed by atoms with van der Waals surface area (Å²) in [5.74, 6) is 0.964. The maximum absolute atomic E-state index is 5.26. The lowest BCUT2D eigenvalue weighted by Crippen LogP contribution is -2.45. The summed E-state index contributed by atoms with van der Waals surface area (Å²) in [6.07, 6.45) is 2.85. The quantitative estimate of drug-likeness (QED) is 0.631. The molecule has 0 aromatic rings. The first-order valence-electron chi connectivity index (χ1n) is 5.69. The zero-order valence-corrected chi connectivity index (χ0v) is 9.75. The van der Waals surface area contributed by atoms with Crippen LogP contribution in [0.3, 0.4) is 0 Å². The second kappa shape index (κ2) is 6.38. The number of nitrogens with zero attached hydrogens (tertiary/aromatic N) is 1. The van der Waals surface area contributed by atoms with Crippen molar-refractivity contribution in [1.82, 2.24) is 10.2 Å². The predicted molar refractivity (Wildman–Crippen MR) is 59.6 cm³/mol. The lowest BCUT2D eigenvalue weighted by atomic mass is 10.2. The number of likely N-dealkylation sites (N-methyl/N-ethyl adjacent to an activating group) is 2. The van der Waals surface area contributed by atoms with E-state index < -0.39 is 0 Å². The van der Waals surface area contributed by atoms with Crippen LogP contribution in [0.4, 0.5) is 0 Å². The van der Waals surface area contributed by atoms with E-state index in [1.807, 2.05) is 7.05 Å². The van der Waals surface area contributed by atoms with E-state index in [4.69, 9.17) is 4.74 Å². The van der Waals surface area contributed by atoms with Crippen LogP contribution in [0.5, 0.6) is 0 Å². The molecular weight excluding hydrogens is 176 g/mol. The molecule has 0 aliphatic heterocycles. The van der Waals surface area contributed by atoms with Crippen molar-refractivity contribution in [2.24, 2.45) is 5.92 Å². The van der Waals surface area contributed by atoms with Gasteiger partial charge in [0.1, 0.15) is 0 Å². The van der Waals surface area contributed by atoms with Gasteiger partial charge < -0.3 is 10.1 Å². The molecule has 1 N–H and O–H groups in total. The first kappa shape index (κ1) is 12.0. The van der Waals surface area contributed by atoms with E-state index in [9.17, 15) is 0 Å². The Hall–Kier alpha value is -0.120. The van der Waals surface area contributed by atoms with Crippen molar-refractivity contribution in [3.63, 3.8) is 0 Å². The van der Waals surface area contributed by atoms with Gasteiger partial charge in [0, 0.05) is 26.2 Å². The maximum atomic E-state index is 5.26. The number of hydrogen-bond acceptors (Lipinski definition) is 3. The number of rotatable bonds is 8. The normalized spacial score (nSPS) is 18.9. The first-order valence-corrected chi connectivity index (χ1v) is 5.69. The molecule has 0 amide bonds. The molecule has 84 valence electrons. The Balaban J connectivity index is 2.33. The van der Waals surface area contributed by atoms with Crippen LogP contribution < -0.4 is 5.32 Å². The Morgan fingerprint density at radius 1 is 1.50 bits per heavy atom. The zero-order valence-electron chi connectivity index (χ0n) is 9.75. The molecule has 3 nitrogen and oxygen atoms in total. The van der Waals surface area contributed by atoms with Crippen molar-refractivity contribution in [3.05, 3.63) is 0 Å². The average Bonchev–Trinajstić information content (AvgIpc) is 2.98. The van der Waals surface area contributed by atoms with Crippen LogP contribution in [0.2, 0.25) is 0 Å². The number of hydrogen-bond donors (Lipinski definition) is 1. The second-order valence-electron chi connectivity index (χ2n) is 4.20. The third-order valence-corrected chi connectivity index (χ3v) is 2.91. The van der Waals surface area contributed by atoms with Gasteiger partial charge in [-0.3, -0.25) is 4.90 Å². The van der Waals surface area contributed by atoms with Crippen molar-refractivity contribution in [2.75, 3.05) is 40.4 Å². The Kier molecular flexibility index (Phi) is 5.45. The van der Waals surface area contributed by atoms with Gasteiger partial charge in [-0.1, -0.05) is 6.92 Å². The van der Waals surface area contributed by atoms with Crippen molar-refractivity contribution in [3.8, 4) is 0 Å². The third-order valence-electron chi connectivity index (χ3n) is 2.91. The summed E-state index contributed by atoms with van der Waals surface area (Å²) in [6, 6.07) is 0.538. The van der Waals surface area contributed by atoms with Gasteiger partial charge in [0.2, 0.25) is 0 Å². The van der Waals surface area contributed by atoms with Gasteiger partial charge in [0.05, 0.1) is 6.61 Å².